The number of aliphatic hydroxyl groups excluding tert-OH is 3. The summed E-state index contributed by atoms with van der Waals surface area (Å²) >= 11 is -2.18. The van der Waals surface area contributed by atoms with Gasteiger partial charge in [0.1, 0.15) is 0 Å². The molecule has 67 valence electrons. The van der Waals surface area contributed by atoms with Crippen LogP contribution in [0, 0.1) is 0 Å². The molecule has 3 unspecified atom stereocenters. The number of hydrogen-bond acceptors (Lipinski definition) is 6. The summed E-state index contributed by atoms with van der Waals surface area (Å²) in [7, 11) is 0. The Morgan fingerprint density at radius 2 is 1.75 bits per heavy atom. The molecule has 0 aromatic heterocycles. The number of hydrogen-bond donors (Lipinski definition) is 3. The van der Waals surface area contributed by atoms with Crippen LogP contribution < -0.4 is 0 Å². The van der Waals surface area contributed by atoms with Gasteiger partial charge in [-0.15, -0.1) is 0 Å². The van der Waals surface area contributed by atoms with E-state index in [0.717, 1.165) is 0 Å². The van der Waals surface area contributed by atoms with Crippen LogP contribution in [0.3, 0.4) is 0 Å². The topological polar surface area (TPSA) is 104 Å². The predicted octanol–water partition coefficient (Wildman–Crippen LogP) is -3.23. The van der Waals surface area contributed by atoms with Crippen molar-refractivity contribution in [2.24, 2.45) is 0 Å². The molecule has 0 bridgehead atoms. The molecule has 0 aliphatic carbocycles. The van der Waals surface area contributed by atoms with Crippen molar-refractivity contribution in [2.75, 3.05) is 0 Å². The summed E-state index contributed by atoms with van der Waals surface area (Å²) in [5.41, 5.74) is 0. The van der Waals surface area contributed by atoms with Crippen LogP contribution in [0.25, 0.3) is 0 Å². The first-order chi connectivity index (χ1) is 5.54. The molecule has 0 aromatic carbocycles. The first kappa shape index (κ1) is 9.99. The van der Waals surface area contributed by atoms with Gasteiger partial charge >= 0.3 is 79.2 Å². The molecule has 1 radical (unpaired) electrons. The maximum absolute atomic E-state index is 10.8. The van der Waals surface area contributed by atoms with Crippen molar-refractivity contribution in [1.82, 2.24) is 0 Å². The molecular formula is C5H6BiO6. The summed E-state index contributed by atoms with van der Waals surface area (Å²) in [5.74, 6) is -1.02. The van der Waals surface area contributed by atoms with E-state index in [1.165, 1.54) is 0 Å². The van der Waals surface area contributed by atoms with Crippen molar-refractivity contribution in [3.63, 3.8) is 0 Å². The molecule has 0 amide bonds. The van der Waals surface area contributed by atoms with Crippen molar-refractivity contribution in [3.8, 4) is 0 Å². The Kier molecular flexibility index (Phi) is 3.11. The van der Waals surface area contributed by atoms with Gasteiger partial charge in [-0.25, -0.2) is 0 Å². The van der Waals surface area contributed by atoms with Crippen LogP contribution in [0.2, 0.25) is 0 Å². The van der Waals surface area contributed by atoms with Gasteiger partial charge in [0.2, 0.25) is 0 Å². The maximum atomic E-state index is 10.8. The Balaban J connectivity index is 2.82. The van der Waals surface area contributed by atoms with Crippen molar-refractivity contribution < 1.29 is 27.7 Å². The van der Waals surface area contributed by atoms with E-state index in [-0.39, 0.29) is 0 Å². The zero-order chi connectivity index (χ0) is 9.30. The third kappa shape index (κ3) is 1.80. The summed E-state index contributed by atoms with van der Waals surface area (Å²) in [4.78, 5) is 21.5. The molecule has 3 N–H and O–H groups in total. The van der Waals surface area contributed by atoms with E-state index < -0.39 is 51.4 Å². The molecule has 3 atom stereocenters. The average molecular weight is 371 g/mol. The second-order valence-electron chi connectivity index (χ2n) is 2.22. The molecule has 6 nitrogen and oxygen atoms in total. The van der Waals surface area contributed by atoms with Crippen molar-refractivity contribution in [2.45, 2.75) is 18.3 Å². The fourth-order valence-electron chi connectivity index (χ4n) is 0.656. The molecule has 1 fully saturated rings. The van der Waals surface area contributed by atoms with Gasteiger partial charge in [-0.05, 0) is 0 Å². The van der Waals surface area contributed by atoms with Crippen LogP contribution in [-0.2, 0) is 12.4 Å². The summed E-state index contributed by atoms with van der Waals surface area (Å²) in [5, 5.41) is 26.8. The third-order valence-electron chi connectivity index (χ3n) is 1.37. The Bertz CT molecular complexity index is 194. The second-order valence-corrected chi connectivity index (χ2v) is 5.35. The monoisotopic (exact) mass is 371 g/mol. The van der Waals surface area contributed by atoms with Crippen molar-refractivity contribution >= 4 is 33.1 Å². The second kappa shape index (κ2) is 3.74. The van der Waals surface area contributed by atoms with Crippen LogP contribution >= 0.6 is 0 Å². The van der Waals surface area contributed by atoms with Crippen molar-refractivity contribution in [1.29, 1.82) is 0 Å². The Morgan fingerprint density at radius 3 is 2.33 bits per heavy atom. The zero-order valence-electron chi connectivity index (χ0n) is 5.75. The Morgan fingerprint density at radius 1 is 1.17 bits per heavy atom. The molecule has 1 saturated heterocycles. The van der Waals surface area contributed by atoms with E-state index in [1.54, 1.807) is 0 Å². The van der Waals surface area contributed by atoms with Gasteiger partial charge < -0.3 is 0 Å². The molecule has 0 aromatic rings. The van der Waals surface area contributed by atoms with E-state index in [9.17, 15) is 9.59 Å². The number of rotatable bonds is 0. The summed E-state index contributed by atoms with van der Waals surface area (Å²) < 4.78 is 3.74. The van der Waals surface area contributed by atoms with E-state index in [2.05, 4.69) is 2.81 Å². The van der Waals surface area contributed by atoms with Gasteiger partial charge in [0.25, 0.3) is 0 Å². The summed E-state index contributed by atoms with van der Waals surface area (Å²) in [6.45, 7) is 0. The van der Waals surface area contributed by atoms with Gasteiger partial charge in [0.05, 0.1) is 0 Å². The van der Waals surface area contributed by atoms with E-state index in [1.807, 2.05) is 0 Å². The normalized spacial score (nSPS) is 37.4. The molecule has 0 spiro atoms. The summed E-state index contributed by atoms with van der Waals surface area (Å²) in [6, 6.07) is 0. The quantitative estimate of drug-likeness (QED) is 0.387. The fraction of sp³-hybridized carbons (Fsp3) is 0.600. The molecule has 7 heteroatoms. The molecular weight excluding hydrogens is 365 g/mol. The van der Waals surface area contributed by atoms with Crippen LogP contribution in [-0.4, -0.2) is 66.8 Å². The van der Waals surface area contributed by atoms with Crippen LogP contribution in [0.5, 0.6) is 0 Å². The Labute approximate surface area is 79.3 Å². The molecule has 1 aliphatic heterocycles. The molecule has 0 saturated carbocycles. The van der Waals surface area contributed by atoms with Gasteiger partial charge in [0, 0.05) is 0 Å². The zero-order valence-corrected chi connectivity index (χ0v) is 9.22. The van der Waals surface area contributed by atoms with Gasteiger partial charge in [-0.2, -0.15) is 0 Å². The predicted molar refractivity (Wildman–Crippen MR) is 34.9 cm³/mol. The number of carbonyl (C=O) groups is 2. The summed E-state index contributed by atoms with van der Waals surface area (Å²) in [6.07, 6.45) is -5.24. The molecule has 1 rings (SSSR count). The minimum absolute atomic E-state index is 0.646. The first-order valence-electron chi connectivity index (χ1n) is 3.04. The average Bonchev–Trinajstić information content (AvgIpc) is 2.14. The molecule has 1 heterocycles. The van der Waals surface area contributed by atoms with Gasteiger partial charge in [-0.1, -0.05) is 0 Å². The van der Waals surface area contributed by atoms with E-state index in [0.29, 0.717) is 0 Å². The van der Waals surface area contributed by atoms with Crippen molar-refractivity contribution in [3.05, 3.63) is 0 Å². The van der Waals surface area contributed by atoms with Crippen LogP contribution in [0.4, 0.5) is 0 Å². The molecule has 12 heavy (non-hydrogen) atoms. The third-order valence-corrected chi connectivity index (χ3v) is 4.15. The SMILES string of the molecule is O=C1[O][Bi][C](=O)C(O)C(O)C1O. The minimum atomic E-state index is -2.18. The van der Waals surface area contributed by atoms with Gasteiger partial charge in [0.15, 0.2) is 0 Å². The standard InChI is InChI=1S/C5H7O6.Bi/c6-1-2(7)3(8)4(9)5(10)11;/h2-4,7-9H,(H,10,11);/q;+1/p-1. The van der Waals surface area contributed by atoms with Crippen LogP contribution in [0.1, 0.15) is 0 Å². The number of carbonyl (C=O) groups excluding carboxylic acids is 2. The Hall–Kier alpha value is -0.0969. The van der Waals surface area contributed by atoms with Gasteiger partial charge in [-0.3, -0.25) is 0 Å². The van der Waals surface area contributed by atoms with E-state index in [4.69, 9.17) is 15.3 Å². The van der Waals surface area contributed by atoms with E-state index >= 15 is 0 Å². The van der Waals surface area contributed by atoms with Crippen LogP contribution in [0.15, 0.2) is 0 Å². The fourth-order valence-corrected chi connectivity index (χ4v) is 2.79. The first-order valence-corrected chi connectivity index (χ1v) is 6.20. The molecule has 1 aliphatic rings. The number of aliphatic hydroxyl groups is 3.